The molecule has 1 aliphatic rings. The first kappa shape index (κ1) is 19.6. The fourth-order valence-electron chi connectivity index (χ4n) is 3.08. The predicted molar refractivity (Wildman–Crippen MR) is 112 cm³/mol. The number of thiocarbonyl (C=S) groups is 1. The average molecular weight is 396 g/mol. The maximum Gasteiger partial charge on any atom is 0.270 e. The highest BCUT2D eigenvalue weighted by Crippen LogP contribution is 2.29. The van der Waals surface area contributed by atoms with Crippen LogP contribution < -0.4 is 19.7 Å². The standard InChI is InChI=1S/C21H20N2O4S/c1-12-7-13(2)9-15(8-12)23-20(25)16(19(24)22-21(23)28)10-14-5-6-17(26-3)18(11-14)27-4/h5-11H,1-4H3,(H,22,24,28)/b16-10+. The summed E-state index contributed by atoms with van der Waals surface area (Å²) in [5.74, 6) is 0.0447. The molecule has 1 aliphatic heterocycles. The molecule has 1 saturated heterocycles. The predicted octanol–water partition coefficient (Wildman–Crippen LogP) is 3.15. The number of hydrogen-bond acceptors (Lipinski definition) is 5. The quantitative estimate of drug-likeness (QED) is 0.489. The van der Waals surface area contributed by atoms with Crippen molar-refractivity contribution >= 4 is 40.9 Å². The molecule has 1 heterocycles. The lowest BCUT2D eigenvalue weighted by Crippen LogP contribution is -2.54. The molecule has 144 valence electrons. The van der Waals surface area contributed by atoms with Crippen molar-refractivity contribution in [1.82, 2.24) is 5.32 Å². The lowest BCUT2D eigenvalue weighted by Gasteiger charge is -2.29. The van der Waals surface area contributed by atoms with Gasteiger partial charge in [0.15, 0.2) is 16.6 Å². The molecule has 6 nitrogen and oxygen atoms in total. The fourth-order valence-corrected chi connectivity index (χ4v) is 3.36. The summed E-state index contributed by atoms with van der Waals surface area (Å²) < 4.78 is 10.5. The number of benzene rings is 2. The van der Waals surface area contributed by atoms with E-state index in [-0.39, 0.29) is 10.7 Å². The molecule has 0 spiro atoms. The molecule has 0 saturated carbocycles. The molecule has 1 N–H and O–H groups in total. The second-order valence-corrected chi connectivity index (χ2v) is 6.80. The molecule has 0 aliphatic carbocycles. The summed E-state index contributed by atoms with van der Waals surface area (Å²) in [7, 11) is 3.06. The number of nitrogens with one attached hydrogen (secondary N) is 1. The Morgan fingerprint density at radius 1 is 0.964 bits per heavy atom. The number of ether oxygens (including phenoxy) is 2. The molecule has 0 aromatic heterocycles. The summed E-state index contributed by atoms with van der Waals surface area (Å²) in [6.07, 6.45) is 1.51. The van der Waals surface area contributed by atoms with Crippen LogP contribution in [0.25, 0.3) is 6.08 Å². The van der Waals surface area contributed by atoms with Crippen molar-refractivity contribution in [2.75, 3.05) is 19.1 Å². The normalized spacial score (nSPS) is 15.6. The van der Waals surface area contributed by atoms with Crippen LogP contribution in [0.4, 0.5) is 5.69 Å². The van der Waals surface area contributed by atoms with Crippen molar-refractivity contribution in [1.29, 1.82) is 0 Å². The summed E-state index contributed by atoms with van der Waals surface area (Å²) >= 11 is 5.25. The van der Waals surface area contributed by atoms with E-state index in [1.54, 1.807) is 18.2 Å². The fraction of sp³-hybridized carbons (Fsp3) is 0.190. The van der Waals surface area contributed by atoms with Crippen molar-refractivity contribution in [3.63, 3.8) is 0 Å². The van der Waals surface area contributed by atoms with E-state index in [1.807, 2.05) is 32.0 Å². The molecule has 2 amide bonds. The van der Waals surface area contributed by atoms with Crippen molar-refractivity contribution in [2.45, 2.75) is 13.8 Å². The number of carbonyl (C=O) groups is 2. The zero-order valence-corrected chi connectivity index (χ0v) is 16.8. The van der Waals surface area contributed by atoms with Crippen molar-refractivity contribution in [3.05, 3.63) is 58.7 Å². The number of anilines is 1. The molecular weight excluding hydrogens is 376 g/mol. The zero-order valence-electron chi connectivity index (χ0n) is 16.0. The van der Waals surface area contributed by atoms with E-state index in [1.165, 1.54) is 25.2 Å². The van der Waals surface area contributed by atoms with Crippen molar-refractivity contribution in [2.24, 2.45) is 0 Å². The number of rotatable bonds is 4. The first-order valence-electron chi connectivity index (χ1n) is 8.56. The molecule has 28 heavy (non-hydrogen) atoms. The van der Waals surface area contributed by atoms with E-state index in [2.05, 4.69) is 5.32 Å². The van der Waals surface area contributed by atoms with Gasteiger partial charge >= 0.3 is 0 Å². The first-order valence-corrected chi connectivity index (χ1v) is 8.96. The third kappa shape index (κ3) is 3.75. The Labute approximate surface area is 168 Å². The van der Waals surface area contributed by atoms with E-state index >= 15 is 0 Å². The Morgan fingerprint density at radius 3 is 2.21 bits per heavy atom. The topological polar surface area (TPSA) is 67.9 Å². The van der Waals surface area contributed by atoms with E-state index in [9.17, 15) is 9.59 Å². The van der Waals surface area contributed by atoms with Gasteiger partial charge in [0.1, 0.15) is 5.57 Å². The van der Waals surface area contributed by atoms with Crippen LogP contribution in [-0.4, -0.2) is 31.1 Å². The molecular formula is C21H20N2O4S. The highest BCUT2D eigenvalue weighted by atomic mass is 32.1. The maximum atomic E-state index is 13.1. The van der Waals surface area contributed by atoms with Crippen LogP contribution in [0, 0.1) is 13.8 Å². The highest BCUT2D eigenvalue weighted by Gasteiger charge is 2.34. The van der Waals surface area contributed by atoms with Crippen LogP contribution >= 0.6 is 12.2 Å². The molecule has 2 aromatic carbocycles. The molecule has 0 radical (unpaired) electrons. The van der Waals surface area contributed by atoms with Gasteiger partial charge in [-0.25, -0.2) is 0 Å². The Kier molecular flexibility index (Phi) is 5.46. The molecule has 0 bridgehead atoms. The van der Waals surface area contributed by atoms with Gasteiger partial charge < -0.3 is 9.47 Å². The van der Waals surface area contributed by atoms with Crippen LogP contribution in [-0.2, 0) is 9.59 Å². The van der Waals surface area contributed by atoms with Gasteiger partial charge in [0, 0.05) is 0 Å². The van der Waals surface area contributed by atoms with Crippen LogP contribution in [0.1, 0.15) is 16.7 Å². The molecule has 2 aromatic rings. The summed E-state index contributed by atoms with van der Waals surface area (Å²) in [6, 6.07) is 10.8. The van der Waals surface area contributed by atoms with E-state index in [4.69, 9.17) is 21.7 Å². The number of carbonyl (C=O) groups excluding carboxylic acids is 2. The zero-order chi connectivity index (χ0) is 20.4. The van der Waals surface area contributed by atoms with Crippen molar-refractivity contribution in [3.8, 4) is 11.5 Å². The second kappa shape index (κ2) is 7.82. The van der Waals surface area contributed by atoms with Crippen LogP contribution in [0.15, 0.2) is 42.0 Å². The highest BCUT2D eigenvalue weighted by molar-refractivity contribution is 7.80. The summed E-state index contributed by atoms with van der Waals surface area (Å²) in [4.78, 5) is 26.9. The number of aryl methyl sites for hydroxylation is 2. The van der Waals surface area contributed by atoms with Gasteiger partial charge in [0.05, 0.1) is 19.9 Å². The third-order valence-corrected chi connectivity index (χ3v) is 4.57. The number of hydrogen-bond donors (Lipinski definition) is 1. The minimum atomic E-state index is -0.537. The molecule has 1 fully saturated rings. The lowest BCUT2D eigenvalue weighted by molar-refractivity contribution is -0.122. The van der Waals surface area contributed by atoms with Gasteiger partial charge in [-0.05, 0) is 73.1 Å². The maximum absolute atomic E-state index is 13.1. The second-order valence-electron chi connectivity index (χ2n) is 6.42. The van der Waals surface area contributed by atoms with Crippen LogP contribution in [0.5, 0.6) is 11.5 Å². The van der Waals surface area contributed by atoms with Gasteiger partial charge in [-0.1, -0.05) is 12.1 Å². The molecule has 7 heteroatoms. The minimum Gasteiger partial charge on any atom is -0.493 e. The number of amides is 2. The summed E-state index contributed by atoms with van der Waals surface area (Å²) in [5.41, 5.74) is 3.22. The smallest absolute Gasteiger partial charge is 0.270 e. The van der Waals surface area contributed by atoms with Gasteiger partial charge in [-0.15, -0.1) is 0 Å². The average Bonchev–Trinajstić information content (AvgIpc) is 2.64. The van der Waals surface area contributed by atoms with Gasteiger partial charge in [0.25, 0.3) is 11.8 Å². The van der Waals surface area contributed by atoms with Gasteiger partial charge in [0.2, 0.25) is 0 Å². The number of methoxy groups -OCH3 is 2. The minimum absolute atomic E-state index is 0.0139. The SMILES string of the molecule is COc1ccc(/C=C2\C(=O)NC(=S)N(c3cc(C)cc(C)c3)C2=O)cc1OC. The first-order chi connectivity index (χ1) is 13.3. The largest absolute Gasteiger partial charge is 0.493 e. The summed E-state index contributed by atoms with van der Waals surface area (Å²) in [6.45, 7) is 3.87. The van der Waals surface area contributed by atoms with E-state index in [0.29, 0.717) is 22.7 Å². The Balaban J connectivity index is 2.03. The Hall–Kier alpha value is -3.19. The Bertz CT molecular complexity index is 993. The molecule has 3 rings (SSSR count). The van der Waals surface area contributed by atoms with Gasteiger partial charge in [-0.2, -0.15) is 0 Å². The van der Waals surface area contributed by atoms with Gasteiger partial charge in [-0.3, -0.25) is 19.8 Å². The Morgan fingerprint density at radius 2 is 1.61 bits per heavy atom. The van der Waals surface area contributed by atoms with Crippen LogP contribution in [0.3, 0.4) is 0 Å². The van der Waals surface area contributed by atoms with Crippen molar-refractivity contribution < 1.29 is 19.1 Å². The van der Waals surface area contributed by atoms with E-state index < -0.39 is 11.8 Å². The van der Waals surface area contributed by atoms with E-state index in [0.717, 1.165) is 11.1 Å². The monoisotopic (exact) mass is 396 g/mol. The number of nitrogens with zero attached hydrogens (tertiary/aromatic N) is 1. The molecule has 0 atom stereocenters. The molecule has 0 unspecified atom stereocenters. The summed E-state index contributed by atoms with van der Waals surface area (Å²) in [5, 5.41) is 2.65. The van der Waals surface area contributed by atoms with Crippen LogP contribution in [0.2, 0.25) is 0 Å². The lowest BCUT2D eigenvalue weighted by atomic mass is 10.1. The third-order valence-electron chi connectivity index (χ3n) is 4.28.